The molecule has 2 bridgehead atoms. The van der Waals surface area contributed by atoms with Crippen molar-refractivity contribution >= 4 is 23.0 Å². The first-order valence-corrected chi connectivity index (χ1v) is 10.6. The first kappa shape index (κ1) is 20.9. The molecular weight excluding hydrogens is 397 g/mol. The lowest BCUT2D eigenvalue weighted by Crippen LogP contribution is -2.41. The van der Waals surface area contributed by atoms with Crippen LogP contribution >= 0.6 is 0 Å². The number of hydrogen-bond acceptors (Lipinski definition) is 5. The molecule has 1 amide bonds. The van der Waals surface area contributed by atoms with E-state index in [0.717, 1.165) is 25.1 Å². The molecule has 1 aliphatic heterocycles. The second kappa shape index (κ2) is 8.07. The van der Waals surface area contributed by atoms with Gasteiger partial charge in [-0.1, -0.05) is 0 Å². The van der Waals surface area contributed by atoms with Crippen molar-refractivity contribution in [1.29, 1.82) is 0 Å². The van der Waals surface area contributed by atoms with Crippen LogP contribution in [0, 0.1) is 16.7 Å². The zero-order valence-corrected chi connectivity index (χ0v) is 17.0. The van der Waals surface area contributed by atoms with Crippen molar-refractivity contribution in [2.75, 3.05) is 23.8 Å². The summed E-state index contributed by atoms with van der Waals surface area (Å²) in [4.78, 5) is 26.7. The summed E-state index contributed by atoms with van der Waals surface area (Å²) in [6, 6.07) is 3.38. The number of nitroso groups, excluding NO2 is 1. The Bertz CT molecular complexity index is 821. The standard InChI is InChI=1S/C21H27F3N4O2/c1-25-17-10-19(28-11-12-2-7-15(28)8-12)16(9-18(17)27-30)20(29)26-14-5-3-13(4-6-14)21(22,23)24/h9-10,12-15,25H,2-8,11H2,1H3,(H,26,29). The molecule has 6 nitrogen and oxygen atoms in total. The van der Waals surface area contributed by atoms with Gasteiger partial charge in [0.25, 0.3) is 5.91 Å². The fourth-order valence-electron chi connectivity index (χ4n) is 5.32. The Hall–Kier alpha value is -2.32. The third-order valence-corrected chi connectivity index (χ3v) is 6.97. The summed E-state index contributed by atoms with van der Waals surface area (Å²) in [5.74, 6) is -1.02. The Morgan fingerprint density at radius 2 is 1.87 bits per heavy atom. The minimum Gasteiger partial charge on any atom is -0.386 e. The summed E-state index contributed by atoms with van der Waals surface area (Å²) >= 11 is 0. The van der Waals surface area contributed by atoms with Gasteiger partial charge in [0.05, 0.1) is 22.9 Å². The molecule has 3 fully saturated rings. The van der Waals surface area contributed by atoms with Crippen LogP contribution in [0.3, 0.4) is 0 Å². The number of carbonyl (C=O) groups is 1. The van der Waals surface area contributed by atoms with E-state index in [2.05, 4.69) is 20.7 Å². The minimum atomic E-state index is -4.18. The Kier molecular flexibility index (Phi) is 5.63. The zero-order chi connectivity index (χ0) is 21.5. The minimum absolute atomic E-state index is 0.0248. The molecule has 30 heavy (non-hydrogen) atoms. The first-order valence-electron chi connectivity index (χ1n) is 10.6. The van der Waals surface area contributed by atoms with E-state index < -0.39 is 12.1 Å². The molecule has 1 heterocycles. The molecule has 9 heteroatoms. The molecule has 3 aliphatic rings. The number of nitrogens with zero attached hydrogens (tertiary/aromatic N) is 2. The number of rotatable bonds is 5. The Balaban J connectivity index is 1.55. The molecular formula is C21H27F3N4O2. The number of carbonyl (C=O) groups excluding carboxylic acids is 1. The van der Waals surface area contributed by atoms with Crippen molar-refractivity contribution in [1.82, 2.24) is 5.32 Å². The average molecular weight is 424 g/mol. The number of anilines is 2. The molecule has 164 valence electrons. The van der Waals surface area contributed by atoms with Crippen molar-refractivity contribution in [2.45, 2.75) is 63.2 Å². The van der Waals surface area contributed by atoms with Crippen LogP contribution in [0.25, 0.3) is 0 Å². The SMILES string of the molecule is CNc1cc(N2CC3CCC2C3)c(C(=O)NC2CCC(C(F)(F)F)CC2)cc1N=O. The van der Waals surface area contributed by atoms with Crippen LogP contribution in [0.15, 0.2) is 17.3 Å². The van der Waals surface area contributed by atoms with Crippen LogP contribution < -0.4 is 15.5 Å². The summed E-state index contributed by atoms with van der Waals surface area (Å²) < 4.78 is 38.7. The van der Waals surface area contributed by atoms with Gasteiger partial charge in [-0.25, -0.2) is 0 Å². The van der Waals surface area contributed by atoms with E-state index >= 15 is 0 Å². The quantitative estimate of drug-likeness (QED) is 0.655. The van der Waals surface area contributed by atoms with Crippen LogP contribution in [-0.2, 0) is 0 Å². The third kappa shape index (κ3) is 3.98. The topological polar surface area (TPSA) is 73.8 Å². The summed E-state index contributed by atoms with van der Waals surface area (Å²) in [6.07, 6.45) is -0.155. The van der Waals surface area contributed by atoms with E-state index in [9.17, 15) is 22.9 Å². The number of fused-ring (bicyclic) bond motifs is 2. The number of hydrogen-bond donors (Lipinski definition) is 2. The molecule has 1 aromatic carbocycles. The van der Waals surface area contributed by atoms with Gasteiger partial charge < -0.3 is 15.5 Å². The lowest BCUT2D eigenvalue weighted by Gasteiger charge is -2.33. The largest absolute Gasteiger partial charge is 0.391 e. The average Bonchev–Trinajstić information content (AvgIpc) is 3.36. The van der Waals surface area contributed by atoms with Gasteiger partial charge in [-0.15, -0.1) is 4.91 Å². The Morgan fingerprint density at radius 3 is 2.40 bits per heavy atom. The molecule has 2 N–H and O–H groups in total. The summed E-state index contributed by atoms with van der Waals surface area (Å²) in [5.41, 5.74) is 1.84. The molecule has 1 saturated heterocycles. The number of benzene rings is 1. The summed E-state index contributed by atoms with van der Waals surface area (Å²) in [5, 5.41) is 8.92. The molecule has 2 atom stereocenters. The molecule has 1 aromatic rings. The maximum atomic E-state index is 13.1. The number of piperidine rings is 1. The van der Waals surface area contributed by atoms with Crippen molar-refractivity contribution in [2.24, 2.45) is 17.0 Å². The van der Waals surface area contributed by atoms with E-state index in [1.165, 1.54) is 12.5 Å². The first-order chi connectivity index (χ1) is 14.3. The Morgan fingerprint density at radius 1 is 1.13 bits per heavy atom. The van der Waals surface area contributed by atoms with Crippen LogP contribution in [0.2, 0.25) is 0 Å². The maximum Gasteiger partial charge on any atom is 0.391 e. The van der Waals surface area contributed by atoms with Gasteiger partial charge in [0.15, 0.2) is 0 Å². The van der Waals surface area contributed by atoms with Crippen LogP contribution in [0.1, 0.15) is 55.3 Å². The van der Waals surface area contributed by atoms with E-state index in [1.54, 1.807) is 13.1 Å². The predicted molar refractivity (Wildman–Crippen MR) is 109 cm³/mol. The highest BCUT2D eigenvalue weighted by molar-refractivity contribution is 6.02. The molecule has 2 unspecified atom stereocenters. The molecule has 4 rings (SSSR count). The lowest BCUT2D eigenvalue weighted by molar-refractivity contribution is -0.182. The normalized spacial score (nSPS) is 28.5. The van der Waals surface area contributed by atoms with Crippen LogP contribution in [0.5, 0.6) is 0 Å². The second-order valence-electron chi connectivity index (χ2n) is 8.78. The highest BCUT2D eigenvalue weighted by atomic mass is 19.4. The van der Waals surface area contributed by atoms with Gasteiger partial charge in [-0.05, 0) is 68.2 Å². The van der Waals surface area contributed by atoms with Crippen molar-refractivity contribution in [3.8, 4) is 0 Å². The molecule has 2 saturated carbocycles. The van der Waals surface area contributed by atoms with Gasteiger partial charge in [0.2, 0.25) is 0 Å². The molecule has 0 aromatic heterocycles. The van der Waals surface area contributed by atoms with E-state index in [4.69, 9.17) is 0 Å². The maximum absolute atomic E-state index is 13.1. The second-order valence-corrected chi connectivity index (χ2v) is 8.78. The molecule has 2 aliphatic carbocycles. The van der Waals surface area contributed by atoms with Gasteiger partial charge in [-0.2, -0.15) is 13.2 Å². The van der Waals surface area contributed by atoms with Crippen LogP contribution in [0.4, 0.5) is 30.2 Å². The van der Waals surface area contributed by atoms with Crippen molar-refractivity contribution < 1.29 is 18.0 Å². The number of halogens is 3. The number of nitrogens with one attached hydrogen (secondary N) is 2. The summed E-state index contributed by atoms with van der Waals surface area (Å²) in [6.45, 7) is 0.874. The Labute approximate surface area is 173 Å². The van der Waals surface area contributed by atoms with Crippen LogP contribution in [-0.4, -0.2) is 37.8 Å². The third-order valence-electron chi connectivity index (χ3n) is 6.97. The zero-order valence-electron chi connectivity index (χ0n) is 17.0. The number of alkyl halides is 3. The van der Waals surface area contributed by atoms with Gasteiger partial charge >= 0.3 is 6.18 Å². The molecule has 0 radical (unpaired) electrons. The lowest BCUT2D eigenvalue weighted by atomic mass is 9.85. The number of amides is 1. The fraction of sp³-hybridized carbons (Fsp3) is 0.667. The monoisotopic (exact) mass is 424 g/mol. The van der Waals surface area contributed by atoms with Gasteiger partial charge in [0, 0.05) is 25.7 Å². The van der Waals surface area contributed by atoms with Gasteiger partial charge in [0.1, 0.15) is 5.69 Å². The fourth-order valence-corrected chi connectivity index (χ4v) is 5.32. The highest BCUT2D eigenvalue weighted by Crippen LogP contribution is 2.44. The van der Waals surface area contributed by atoms with Gasteiger partial charge in [-0.3, -0.25) is 4.79 Å². The van der Waals surface area contributed by atoms with Crippen molar-refractivity contribution in [3.05, 3.63) is 22.6 Å². The van der Waals surface area contributed by atoms with Crippen molar-refractivity contribution in [3.63, 3.8) is 0 Å². The van der Waals surface area contributed by atoms with E-state index in [0.29, 0.717) is 36.1 Å². The summed E-state index contributed by atoms with van der Waals surface area (Å²) in [7, 11) is 1.70. The molecule has 0 spiro atoms. The van der Waals surface area contributed by atoms with E-state index in [1.807, 2.05) is 0 Å². The van der Waals surface area contributed by atoms with E-state index in [-0.39, 0.29) is 30.5 Å². The predicted octanol–water partition coefficient (Wildman–Crippen LogP) is 4.97. The highest BCUT2D eigenvalue weighted by Gasteiger charge is 2.42. The smallest absolute Gasteiger partial charge is 0.386 e.